The van der Waals surface area contributed by atoms with E-state index in [4.69, 9.17) is 0 Å². The number of carbonyl (C=O) groups is 1. The Morgan fingerprint density at radius 1 is 1.50 bits per heavy atom. The molecule has 7 heteroatoms. The zero-order valence-corrected chi connectivity index (χ0v) is 9.35. The molecule has 0 saturated carbocycles. The van der Waals surface area contributed by atoms with Gasteiger partial charge in [-0.25, -0.2) is 13.1 Å². The maximum Gasteiger partial charge on any atom is 0.322 e. The van der Waals surface area contributed by atoms with Crippen LogP contribution in [0, 0.1) is 0 Å². The van der Waals surface area contributed by atoms with Crippen molar-refractivity contribution in [3.8, 4) is 0 Å². The molecule has 14 heavy (non-hydrogen) atoms. The molecule has 0 saturated heterocycles. The van der Waals surface area contributed by atoms with Gasteiger partial charge in [0.2, 0.25) is 10.0 Å². The Morgan fingerprint density at radius 3 is 2.50 bits per heavy atom. The molecule has 0 fully saturated rings. The van der Waals surface area contributed by atoms with Gasteiger partial charge in [0.1, 0.15) is 6.04 Å². The molecule has 1 unspecified atom stereocenters. The summed E-state index contributed by atoms with van der Waals surface area (Å²) in [4.78, 5) is 10.9. The van der Waals surface area contributed by atoms with Crippen molar-refractivity contribution >= 4 is 16.0 Å². The van der Waals surface area contributed by atoms with Crippen LogP contribution < -0.4 is 10.0 Å². The van der Waals surface area contributed by atoms with Crippen molar-refractivity contribution in [3.05, 3.63) is 0 Å². The Labute approximate surface area is 84.1 Å². The fourth-order valence-corrected chi connectivity index (χ4v) is 1.36. The largest absolute Gasteiger partial charge is 0.468 e. The predicted octanol–water partition coefficient (Wildman–Crippen LogP) is -1.31. The highest BCUT2D eigenvalue weighted by Crippen LogP contribution is 1.86. The molecule has 0 radical (unpaired) electrons. The molecule has 0 amide bonds. The fraction of sp³-hybridized carbons (Fsp3) is 0.857. The van der Waals surface area contributed by atoms with Gasteiger partial charge >= 0.3 is 5.97 Å². The summed E-state index contributed by atoms with van der Waals surface area (Å²) in [5.41, 5.74) is 0. The first kappa shape index (κ1) is 13.3. The summed E-state index contributed by atoms with van der Waals surface area (Å²) < 4.78 is 28.5. The standard InChI is InChI=1S/C7H16N2O4S/c1-6(7(10)13-3)9-4-5-14(11,12)8-2/h6,8-9H,4-5H2,1-3H3. The highest BCUT2D eigenvalue weighted by Gasteiger charge is 2.13. The van der Waals surface area contributed by atoms with Crippen LogP contribution in [0.15, 0.2) is 0 Å². The number of hydrogen-bond donors (Lipinski definition) is 2. The van der Waals surface area contributed by atoms with Crippen molar-refractivity contribution in [2.24, 2.45) is 0 Å². The molecule has 0 aromatic heterocycles. The van der Waals surface area contributed by atoms with Gasteiger partial charge < -0.3 is 10.1 Å². The van der Waals surface area contributed by atoms with Gasteiger partial charge in [0.05, 0.1) is 12.9 Å². The Bertz CT molecular complexity index is 275. The zero-order valence-electron chi connectivity index (χ0n) is 8.53. The third kappa shape index (κ3) is 5.15. The molecule has 0 aliphatic heterocycles. The molecule has 0 aliphatic rings. The molecule has 0 spiro atoms. The summed E-state index contributed by atoms with van der Waals surface area (Å²) in [5.74, 6) is -0.475. The van der Waals surface area contributed by atoms with E-state index < -0.39 is 22.0 Å². The van der Waals surface area contributed by atoms with E-state index in [1.807, 2.05) is 0 Å². The number of rotatable bonds is 6. The SMILES string of the molecule is CNS(=O)(=O)CCNC(C)C(=O)OC. The topological polar surface area (TPSA) is 84.5 Å². The van der Waals surface area contributed by atoms with Crippen LogP contribution in [0.25, 0.3) is 0 Å². The van der Waals surface area contributed by atoms with Crippen LogP contribution >= 0.6 is 0 Å². The number of methoxy groups -OCH3 is 1. The van der Waals surface area contributed by atoms with Gasteiger partial charge in [-0.05, 0) is 14.0 Å². The highest BCUT2D eigenvalue weighted by atomic mass is 32.2. The number of sulfonamides is 1. The van der Waals surface area contributed by atoms with Crippen molar-refractivity contribution in [1.82, 2.24) is 10.0 Å². The van der Waals surface area contributed by atoms with Crippen LogP contribution in [0.5, 0.6) is 0 Å². The third-order valence-corrected chi connectivity index (χ3v) is 3.05. The number of hydrogen-bond acceptors (Lipinski definition) is 5. The van der Waals surface area contributed by atoms with E-state index in [2.05, 4.69) is 14.8 Å². The summed E-state index contributed by atoms with van der Waals surface area (Å²) in [6, 6.07) is -0.493. The van der Waals surface area contributed by atoms with Crippen LogP contribution in [-0.2, 0) is 19.6 Å². The van der Waals surface area contributed by atoms with Gasteiger partial charge in [-0.1, -0.05) is 0 Å². The predicted molar refractivity (Wildman–Crippen MR) is 52.3 cm³/mol. The molecule has 84 valence electrons. The fourth-order valence-electron chi connectivity index (χ4n) is 0.772. The minimum Gasteiger partial charge on any atom is -0.468 e. The first-order chi connectivity index (χ1) is 6.43. The quantitative estimate of drug-likeness (QED) is 0.547. The molecule has 6 nitrogen and oxygen atoms in total. The normalized spacial score (nSPS) is 13.6. The minimum absolute atomic E-state index is 0.0646. The molecule has 0 aromatic carbocycles. The van der Waals surface area contributed by atoms with Gasteiger partial charge in [0.25, 0.3) is 0 Å². The van der Waals surface area contributed by atoms with Gasteiger partial charge in [-0.2, -0.15) is 0 Å². The molecular weight excluding hydrogens is 208 g/mol. The molecule has 0 rings (SSSR count). The minimum atomic E-state index is -3.21. The molecule has 2 N–H and O–H groups in total. The Balaban J connectivity index is 3.81. The second-order valence-corrected chi connectivity index (χ2v) is 4.77. The lowest BCUT2D eigenvalue weighted by Crippen LogP contribution is -2.39. The van der Waals surface area contributed by atoms with Gasteiger partial charge in [0, 0.05) is 6.54 Å². The van der Waals surface area contributed by atoms with Crippen LogP contribution in [0.2, 0.25) is 0 Å². The Morgan fingerprint density at radius 2 is 2.07 bits per heavy atom. The summed E-state index contributed by atoms with van der Waals surface area (Å²) >= 11 is 0. The van der Waals surface area contributed by atoms with E-state index in [-0.39, 0.29) is 12.3 Å². The van der Waals surface area contributed by atoms with Crippen LogP contribution in [0.1, 0.15) is 6.92 Å². The summed E-state index contributed by atoms with van der Waals surface area (Å²) in [7, 11) is -0.583. The van der Waals surface area contributed by atoms with E-state index in [1.165, 1.54) is 14.2 Å². The number of ether oxygens (including phenoxy) is 1. The number of esters is 1. The Hall–Kier alpha value is -0.660. The maximum atomic E-state index is 11.0. The monoisotopic (exact) mass is 224 g/mol. The molecule has 0 bridgehead atoms. The maximum absolute atomic E-state index is 11.0. The van der Waals surface area contributed by atoms with Crippen LogP contribution in [0.3, 0.4) is 0 Å². The number of carbonyl (C=O) groups excluding carboxylic acids is 1. The summed E-state index contributed by atoms with van der Waals surface area (Å²) in [6.45, 7) is 1.82. The molecule has 0 aromatic rings. The second kappa shape index (κ2) is 5.94. The molecule has 0 heterocycles. The molecule has 0 aliphatic carbocycles. The van der Waals surface area contributed by atoms with Crippen molar-refractivity contribution in [3.63, 3.8) is 0 Å². The van der Waals surface area contributed by atoms with Crippen molar-refractivity contribution in [2.45, 2.75) is 13.0 Å². The number of nitrogens with one attached hydrogen (secondary N) is 2. The van der Waals surface area contributed by atoms with Gasteiger partial charge in [-0.15, -0.1) is 0 Å². The third-order valence-electron chi connectivity index (χ3n) is 1.69. The Kier molecular flexibility index (Phi) is 5.66. The lowest BCUT2D eigenvalue weighted by molar-refractivity contribution is -0.142. The van der Waals surface area contributed by atoms with E-state index in [9.17, 15) is 13.2 Å². The van der Waals surface area contributed by atoms with Crippen molar-refractivity contribution < 1.29 is 17.9 Å². The average Bonchev–Trinajstić information content (AvgIpc) is 2.16. The van der Waals surface area contributed by atoms with Crippen LogP contribution in [0.4, 0.5) is 0 Å². The average molecular weight is 224 g/mol. The zero-order chi connectivity index (χ0) is 11.2. The van der Waals surface area contributed by atoms with Crippen LogP contribution in [-0.4, -0.2) is 46.9 Å². The van der Waals surface area contributed by atoms with E-state index in [0.29, 0.717) is 0 Å². The van der Waals surface area contributed by atoms with E-state index in [0.717, 1.165) is 0 Å². The van der Waals surface area contributed by atoms with E-state index in [1.54, 1.807) is 6.92 Å². The van der Waals surface area contributed by atoms with Gasteiger partial charge in [-0.3, -0.25) is 4.79 Å². The van der Waals surface area contributed by atoms with Gasteiger partial charge in [0.15, 0.2) is 0 Å². The van der Waals surface area contributed by atoms with Crippen molar-refractivity contribution in [2.75, 3.05) is 26.5 Å². The molecular formula is C7H16N2O4S. The first-order valence-corrected chi connectivity index (χ1v) is 5.80. The lowest BCUT2D eigenvalue weighted by Gasteiger charge is -2.10. The molecule has 1 atom stereocenters. The lowest BCUT2D eigenvalue weighted by atomic mass is 10.3. The summed E-state index contributed by atoms with van der Waals surface area (Å²) in [5, 5.41) is 2.73. The van der Waals surface area contributed by atoms with E-state index >= 15 is 0 Å². The second-order valence-electron chi connectivity index (χ2n) is 2.72. The first-order valence-electron chi connectivity index (χ1n) is 4.15. The summed E-state index contributed by atoms with van der Waals surface area (Å²) in [6.07, 6.45) is 0. The highest BCUT2D eigenvalue weighted by molar-refractivity contribution is 7.89. The van der Waals surface area contributed by atoms with Crippen molar-refractivity contribution in [1.29, 1.82) is 0 Å². The smallest absolute Gasteiger partial charge is 0.322 e.